The third-order valence-electron chi connectivity index (χ3n) is 3.66. The molecule has 0 heterocycles. The average molecular weight is 297 g/mol. The molecule has 3 nitrogen and oxygen atoms in total. The Labute approximate surface area is 132 Å². The Hall–Kier alpha value is -2.29. The third-order valence-corrected chi connectivity index (χ3v) is 3.66. The number of hydrogen-bond donors (Lipinski definition) is 1. The second kappa shape index (κ2) is 7.64. The molecule has 0 aliphatic heterocycles. The number of carbonyl (C=O) groups excluding carboxylic acids is 1. The van der Waals surface area contributed by atoms with Crippen LogP contribution in [0.15, 0.2) is 48.5 Å². The summed E-state index contributed by atoms with van der Waals surface area (Å²) in [5.41, 5.74) is 2.86. The molecule has 2 aromatic carbocycles. The molecule has 0 aromatic heterocycles. The molecule has 0 aliphatic rings. The number of nitrogens with one attached hydrogen (secondary N) is 1. The number of amides is 1. The van der Waals surface area contributed by atoms with Crippen LogP contribution in [0.4, 0.5) is 0 Å². The topological polar surface area (TPSA) is 38.3 Å². The predicted octanol–water partition coefficient (Wildman–Crippen LogP) is 3.89. The Morgan fingerprint density at radius 1 is 1.14 bits per heavy atom. The summed E-state index contributed by atoms with van der Waals surface area (Å²) in [6, 6.07) is 15.5. The van der Waals surface area contributed by atoms with E-state index < -0.39 is 0 Å². The second-order valence-electron chi connectivity index (χ2n) is 5.52. The van der Waals surface area contributed by atoms with Crippen LogP contribution in [0, 0.1) is 13.8 Å². The lowest BCUT2D eigenvalue weighted by atomic mass is 10.1. The lowest BCUT2D eigenvalue weighted by molar-refractivity contribution is 0.0919. The van der Waals surface area contributed by atoms with Crippen molar-refractivity contribution in [1.82, 2.24) is 5.32 Å². The molecule has 1 amide bonds. The standard InChI is InChI=1S/C19H23NO2/c1-4-16(13-22-17-10-7-8-14(2)12-17)20-19(21)18-11-6-5-9-15(18)3/h5-12,16H,4,13H2,1-3H3,(H,20,21). The van der Waals surface area contributed by atoms with Gasteiger partial charge in [0, 0.05) is 5.56 Å². The van der Waals surface area contributed by atoms with Crippen LogP contribution in [0.2, 0.25) is 0 Å². The number of benzene rings is 2. The van der Waals surface area contributed by atoms with Gasteiger partial charge in [-0.05, 0) is 49.6 Å². The van der Waals surface area contributed by atoms with Crippen LogP contribution in [-0.2, 0) is 0 Å². The van der Waals surface area contributed by atoms with Gasteiger partial charge in [0.05, 0.1) is 6.04 Å². The number of hydrogen-bond acceptors (Lipinski definition) is 2. The Morgan fingerprint density at radius 2 is 1.91 bits per heavy atom. The minimum absolute atomic E-state index is 0.00683. The SMILES string of the molecule is CCC(COc1cccc(C)c1)NC(=O)c1ccccc1C. The summed E-state index contributed by atoms with van der Waals surface area (Å²) in [6.07, 6.45) is 0.823. The van der Waals surface area contributed by atoms with E-state index in [4.69, 9.17) is 4.74 Å². The quantitative estimate of drug-likeness (QED) is 0.878. The van der Waals surface area contributed by atoms with Crippen molar-refractivity contribution in [2.75, 3.05) is 6.61 Å². The van der Waals surface area contributed by atoms with E-state index in [0.717, 1.165) is 28.9 Å². The van der Waals surface area contributed by atoms with Crippen molar-refractivity contribution in [2.45, 2.75) is 33.2 Å². The average Bonchev–Trinajstić information content (AvgIpc) is 2.51. The molecular formula is C19H23NO2. The summed E-state index contributed by atoms with van der Waals surface area (Å²) in [5.74, 6) is 0.793. The highest BCUT2D eigenvalue weighted by atomic mass is 16.5. The molecule has 0 bridgehead atoms. The minimum atomic E-state index is -0.0437. The fourth-order valence-corrected chi connectivity index (χ4v) is 2.25. The van der Waals surface area contributed by atoms with Crippen molar-refractivity contribution in [2.24, 2.45) is 0 Å². The molecule has 0 spiro atoms. The van der Waals surface area contributed by atoms with Crippen LogP contribution in [0.3, 0.4) is 0 Å². The van der Waals surface area contributed by atoms with Gasteiger partial charge in [0.15, 0.2) is 0 Å². The number of carbonyl (C=O) groups is 1. The van der Waals surface area contributed by atoms with Crippen LogP contribution in [0.1, 0.15) is 34.8 Å². The lowest BCUT2D eigenvalue weighted by Gasteiger charge is -2.18. The molecule has 0 aliphatic carbocycles. The van der Waals surface area contributed by atoms with Gasteiger partial charge in [0.25, 0.3) is 5.91 Å². The largest absolute Gasteiger partial charge is 0.491 e. The van der Waals surface area contributed by atoms with Gasteiger partial charge in [-0.25, -0.2) is 0 Å². The van der Waals surface area contributed by atoms with Crippen molar-refractivity contribution >= 4 is 5.91 Å². The van der Waals surface area contributed by atoms with Gasteiger partial charge in [-0.15, -0.1) is 0 Å². The van der Waals surface area contributed by atoms with E-state index in [-0.39, 0.29) is 11.9 Å². The van der Waals surface area contributed by atoms with E-state index in [9.17, 15) is 4.79 Å². The maximum absolute atomic E-state index is 12.3. The summed E-state index contributed by atoms with van der Waals surface area (Å²) in [6.45, 7) is 6.49. The van der Waals surface area contributed by atoms with Gasteiger partial charge in [-0.3, -0.25) is 4.79 Å². The molecular weight excluding hydrogens is 274 g/mol. The van der Waals surface area contributed by atoms with Crippen LogP contribution in [0.25, 0.3) is 0 Å². The molecule has 2 aromatic rings. The van der Waals surface area contributed by atoms with Gasteiger partial charge in [0.1, 0.15) is 12.4 Å². The zero-order valence-corrected chi connectivity index (χ0v) is 13.4. The van der Waals surface area contributed by atoms with Crippen LogP contribution >= 0.6 is 0 Å². The lowest BCUT2D eigenvalue weighted by Crippen LogP contribution is -2.38. The molecule has 116 valence electrons. The minimum Gasteiger partial charge on any atom is -0.491 e. The van der Waals surface area contributed by atoms with Gasteiger partial charge in [-0.2, -0.15) is 0 Å². The van der Waals surface area contributed by atoms with E-state index in [0.29, 0.717) is 6.61 Å². The third kappa shape index (κ3) is 4.35. The molecule has 2 rings (SSSR count). The first-order chi connectivity index (χ1) is 10.6. The normalized spacial score (nSPS) is 11.8. The van der Waals surface area contributed by atoms with Crippen LogP contribution in [0.5, 0.6) is 5.75 Å². The van der Waals surface area contributed by atoms with Gasteiger partial charge in [0.2, 0.25) is 0 Å². The summed E-state index contributed by atoms with van der Waals surface area (Å²) in [4.78, 5) is 12.3. The zero-order chi connectivity index (χ0) is 15.9. The highest BCUT2D eigenvalue weighted by Gasteiger charge is 2.14. The van der Waals surface area contributed by atoms with Gasteiger partial charge < -0.3 is 10.1 Å². The van der Waals surface area contributed by atoms with Crippen molar-refractivity contribution in [3.05, 3.63) is 65.2 Å². The molecule has 1 N–H and O–H groups in total. The zero-order valence-electron chi connectivity index (χ0n) is 13.4. The van der Waals surface area contributed by atoms with Crippen LogP contribution in [-0.4, -0.2) is 18.6 Å². The molecule has 22 heavy (non-hydrogen) atoms. The summed E-state index contributed by atoms with van der Waals surface area (Å²) in [5, 5.41) is 3.04. The first-order valence-corrected chi connectivity index (χ1v) is 7.66. The highest BCUT2D eigenvalue weighted by molar-refractivity contribution is 5.95. The first kappa shape index (κ1) is 16.1. The van der Waals surface area contributed by atoms with Gasteiger partial charge >= 0.3 is 0 Å². The fourth-order valence-electron chi connectivity index (χ4n) is 2.25. The Morgan fingerprint density at radius 3 is 2.59 bits per heavy atom. The van der Waals surface area contributed by atoms with E-state index in [1.165, 1.54) is 0 Å². The van der Waals surface area contributed by atoms with Crippen molar-refractivity contribution in [3.8, 4) is 5.75 Å². The predicted molar refractivity (Wildman–Crippen MR) is 89.4 cm³/mol. The smallest absolute Gasteiger partial charge is 0.251 e. The van der Waals surface area contributed by atoms with E-state index in [1.807, 2.05) is 69.3 Å². The number of aryl methyl sites for hydroxylation is 2. The van der Waals surface area contributed by atoms with Crippen LogP contribution < -0.4 is 10.1 Å². The number of ether oxygens (including phenoxy) is 1. The van der Waals surface area contributed by atoms with Crippen molar-refractivity contribution in [1.29, 1.82) is 0 Å². The highest BCUT2D eigenvalue weighted by Crippen LogP contribution is 2.13. The second-order valence-corrected chi connectivity index (χ2v) is 5.52. The fraction of sp³-hybridized carbons (Fsp3) is 0.316. The molecule has 1 atom stereocenters. The summed E-state index contributed by atoms with van der Waals surface area (Å²) >= 11 is 0. The van der Waals surface area contributed by atoms with Gasteiger partial charge in [-0.1, -0.05) is 37.3 Å². The molecule has 1 unspecified atom stereocenters. The van der Waals surface area contributed by atoms with E-state index >= 15 is 0 Å². The molecule has 0 radical (unpaired) electrons. The summed E-state index contributed by atoms with van der Waals surface area (Å²) in [7, 11) is 0. The summed E-state index contributed by atoms with van der Waals surface area (Å²) < 4.78 is 5.79. The Bertz CT molecular complexity index is 637. The van der Waals surface area contributed by atoms with E-state index in [2.05, 4.69) is 5.32 Å². The first-order valence-electron chi connectivity index (χ1n) is 7.66. The molecule has 0 saturated carbocycles. The van der Waals surface area contributed by atoms with Crippen molar-refractivity contribution in [3.63, 3.8) is 0 Å². The molecule has 3 heteroatoms. The van der Waals surface area contributed by atoms with Crippen molar-refractivity contribution < 1.29 is 9.53 Å². The monoisotopic (exact) mass is 297 g/mol. The van der Waals surface area contributed by atoms with E-state index in [1.54, 1.807) is 0 Å². The molecule has 0 fully saturated rings. The number of rotatable bonds is 6. The maximum atomic E-state index is 12.3. The molecule has 0 saturated heterocycles. The Balaban J connectivity index is 1.95. The Kier molecular flexibility index (Phi) is 5.59. The maximum Gasteiger partial charge on any atom is 0.251 e.